The van der Waals surface area contributed by atoms with Gasteiger partial charge in [0, 0.05) is 17.8 Å². The Morgan fingerprint density at radius 1 is 1.15 bits per heavy atom. The lowest BCUT2D eigenvalue weighted by atomic mass is 10.2. The molecule has 2 N–H and O–H groups in total. The molecule has 0 unspecified atom stereocenters. The summed E-state index contributed by atoms with van der Waals surface area (Å²) in [5, 5.41) is 10.8. The molecule has 1 amide bonds. The summed E-state index contributed by atoms with van der Waals surface area (Å²) in [4.78, 5) is 12.5. The van der Waals surface area contributed by atoms with E-state index in [1.54, 1.807) is 16.5 Å². The number of carbonyl (C=O) groups excluding carboxylic acids is 1. The Morgan fingerprint density at radius 3 is 2.81 bits per heavy atom. The minimum atomic E-state index is -3.60. The van der Waals surface area contributed by atoms with Crippen molar-refractivity contribution in [3.63, 3.8) is 0 Å². The van der Waals surface area contributed by atoms with Crippen molar-refractivity contribution in [1.82, 2.24) is 24.6 Å². The van der Waals surface area contributed by atoms with Gasteiger partial charge in [0.25, 0.3) is 5.91 Å². The number of rotatable bonds is 6. The number of nitrogens with one attached hydrogen (secondary N) is 2. The van der Waals surface area contributed by atoms with E-state index in [2.05, 4.69) is 20.2 Å². The molecule has 0 radical (unpaired) electrons. The number of fused-ring (bicyclic) bond motifs is 1. The summed E-state index contributed by atoms with van der Waals surface area (Å²) in [6, 6.07) is 11.5. The van der Waals surface area contributed by atoms with Crippen LogP contribution in [0, 0.1) is 0 Å². The van der Waals surface area contributed by atoms with Crippen LogP contribution >= 0.6 is 0 Å². The van der Waals surface area contributed by atoms with Crippen LogP contribution in [0.4, 0.5) is 0 Å². The lowest BCUT2D eigenvalue weighted by Gasteiger charge is -2.08. The summed E-state index contributed by atoms with van der Waals surface area (Å²) in [5.74, 6) is 0.217. The highest BCUT2D eigenvalue weighted by atomic mass is 32.2. The molecule has 3 aromatic rings. The summed E-state index contributed by atoms with van der Waals surface area (Å²) >= 11 is 0. The van der Waals surface area contributed by atoms with Crippen LogP contribution in [0.2, 0.25) is 0 Å². The Bertz CT molecular complexity index is 1070. The van der Waals surface area contributed by atoms with Crippen molar-refractivity contribution >= 4 is 21.6 Å². The average molecular weight is 371 g/mol. The predicted octanol–water partition coefficient (Wildman–Crippen LogP) is 1.10. The van der Waals surface area contributed by atoms with Crippen LogP contribution in [0.3, 0.4) is 0 Å². The van der Waals surface area contributed by atoms with Crippen molar-refractivity contribution in [3.8, 4) is 0 Å². The van der Waals surface area contributed by atoms with Crippen LogP contribution in [0.15, 0.2) is 53.6 Å². The van der Waals surface area contributed by atoms with Gasteiger partial charge >= 0.3 is 0 Å². The lowest BCUT2D eigenvalue weighted by molar-refractivity contribution is 0.0949. The summed E-state index contributed by atoms with van der Waals surface area (Å²) in [6.07, 6.45) is 3.52. The summed E-state index contributed by atoms with van der Waals surface area (Å²) in [6.45, 7) is 0.182. The minimum absolute atomic E-state index is 0.0127. The molecule has 0 atom stereocenters. The fourth-order valence-electron chi connectivity index (χ4n) is 2.57. The number of hydrogen-bond acceptors (Lipinski definition) is 5. The second-order valence-electron chi connectivity index (χ2n) is 6.15. The van der Waals surface area contributed by atoms with Gasteiger partial charge in [0.2, 0.25) is 10.0 Å². The van der Waals surface area contributed by atoms with Crippen LogP contribution in [-0.2, 0) is 16.6 Å². The number of hydrogen-bond donors (Lipinski definition) is 2. The van der Waals surface area contributed by atoms with Gasteiger partial charge < -0.3 is 5.32 Å². The molecule has 9 heteroatoms. The molecule has 1 saturated carbocycles. The van der Waals surface area contributed by atoms with Crippen molar-refractivity contribution in [2.75, 3.05) is 0 Å². The molecule has 8 nitrogen and oxygen atoms in total. The zero-order valence-electron chi connectivity index (χ0n) is 13.8. The third-order valence-electron chi connectivity index (χ3n) is 4.10. The molecule has 2 aromatic heterocycles. The predicted molar refractivity (Wildman–Crippen MR) is 93.9 cm³/mol. The first kappa shape index (κ1) is 16.7. The highest BCUT2D eigenvalue weighted by Crippen LogP contribution is 2.22. The van der Waals surface area contributed by atoms with E-state index in [0.29, 0.717) is 11.5 Å². The molecule has 0 spiro atoms. The Balaban J connectivity index is 1.49. The summed E-state index contributed by atoms with van der Waals surface area (Å²) in [7, 11) is -3.60. The maximum absolute atomic E-state index is 12.4. The maximum atomic E-state index is 12.4. The second-order valence-corrected chi connectivity index (χ2v) is 7.87. The van der Waals surface area contributed by atoms with Gasteiger partial charge in [-0.1, -0.05) is 12.1 Å². The molecule has 0 saturated heterocycles. The van der Waals surface area contributed by atoms with Gasteiger partial charge in [0.1, 0.15) is 0 Å². The van der Waals surface area contributed by atoms with Crippen molar-refractivity contribution in [2.45, 2.75) is 30.3 Å². The van der Waals surface area contributed by atoms with Gasteiger partial charge in [-0.05, 0) is 43.2 Å². The first-order valence-corrected chi connectivity index (χ1v) is 9.70. The molecule has 1 aromatic carbocycles. The van der Waals surface area contributed by atoms with Crippen molar-refractivity contribution in [2.24, 2.45) is 0 Å². The van der Waals surface area contributed by atoms with E-state index < -0.39 is 10.0 Å². The topological polar surface area (TPSA) is 105 Å². The van der Waals surface area contributed by atoms with E-state index in [-0.39, 0.29) is 29.0 Å². The van der Waals surface area contributed by atoms with E-state index in [1.807, 2.05) is 24.4 Å². The number of benzene rings is 1. The minimum Gasteiger partial charge on any atom is -0.345 e. The second kappa shape index (κ2) is 6.50. The molecule has 1 aliphatic carbocycles. The Labute approximate surface area is 150 Å². The van der Waals surface area contributed by atoms with Crippen molar-refractivity contribution in [1.29, 1.82) is 0 Å². The maximum Gasteiger partial charge on any atom is 0.251 e. The van der Waals surface area contributed by atoms with Gasteiger partial charge in [-0.3, -0.25) is 9.20 Å². The smallest absolute Gasteiger partial charge is 0.251 e. The SMILES string of the molecule is O=C(NCc1nnc2ccccn12)c1cccc(S(=O)(=O)NC2CC2)c1. The molecular weight excluding hydrogens is 354 g/mol. The van der Waals surface area contributed by atoms with Crippen LogP contribution in [0.1, 0.15) is 29.0 Å². The summed E-state index contributed by atoms with van der Waals surface area (Å²) in [5.41, 5.74) is 0.966. The Morgan fingerprint density at radius 2 is 2.00 bits per heavy atom. The zero-order chi connectivity index (χ0) is 18.1. The highest BCUT2D eigenvalue weighted by molar-refractivity contribution is 7.89. The normalized spacial score (nSPS) is 14.5. The van der Waals surface area contributed by atoms with Gasteiger partial charge in [0.05, 0.1) is 11.4 Å². The third kappa shape index (κ3) is 3.44. The monoisotopic (exact) mass is 371 g/mol. The van der Waals surface area contributed by atoms with Gasteiger partial charge in [-0.25, -0.2) is 13.1 Å². The standard InChI is InChI=1S/C17H17N5O3S/c23-17(18-11-16-20-19-15-6-1-2-9-22(15)16)12-4-3-5-14(10-12)26(24,25)21-13-7-8-13/h1-6,9-10,13,21H,7-8,11H2,(H,18,23). The first-order valence-electron chi connectivity index (χ1n) is 8.22. The van der Waals surface area contributed by atoms with Crippen LogP contribution in [0.5, 0.6) is 0 Å². The third-order valence-corrected chi connectivity index (χ3v) is 5.62. The van der Waals surface area contributed by atoms with E-state index in [9.17, 15) is 13.2 Å². The molecule has 4 rings (SSSR count). The largest absolute Gasteiger partial charge is 0.345 e. The number of carbonyl (C=O) groups is 1. The Hall–Kier alpha value is -2.78. The van der Waals surface area contributed by atoms with Crippen molar-refractivity contribution < 1.29 is 13.2 Å². The van der Waals surface area contributed by atoms with E-state index >= 15 is 0 Å². The van der Waals surface area contributed by atoms with E-state index in [0.717, 1.165) is 12.8 Å². The lowest BCUT2D eigenvalue weighted by Crippen LogP contribution is -2.27. The molecule has 0 bridgehead atoms. The molecule has 1 aliphatic rings. The number of aromatic nitrogens is 3. The number of nitrogens with zero attached hydrogens (tertiary/aromatic N) is 3. The molecule has 2 heterocycles. The molecule has 0 aliphatic heterocycles. The van der Waals surface area contributed by atoms with Crippen molar-refractivity contribution in [3.05, 3.63) is 60.0 Å². The quantitative estimate of drug-likeness (QED) is 0.675. The fourth-order valence-corrected chi connectivity index (χ4v) is 3.92. The first-order chi connectivity index (χ1) is 12.5. The molecule has 134 valence electrons. The number of pyridine rings is 1. The zero-order valence-corrected chi connectivity index (χ0v) is 14.6. The van der Waals surface area contributed by atoms with Crippen LogP contribution in [0.25, 0.3) is 5.65 Å². The molecule has 1 fully saturated rings. The molecule has 26 heavy (non-hydrogen) atoms. The van der Waals surface area contributed by atoms with Crippen LogP contribution < -0.4 is 10.0 Å². The van der Waals surface area contributed by atoms with Crippen LogP contribution in [-0.4, -0.2) is 35.0 Å². The van der Waals surface area contributed by atoms with E-state index in [1.165, 1.54) is 12.1 Å². The number of amides is 1. The fraction of sp³-hybridized carbons (Fsp3) is 0.235. The average Bonchev–Trinajstić information content (AvgIpc) is 3.36. The Kier molecular flexibility index (Phi) is 4.17. The van der Waals surface area contributed by atoms with Gasteiger partial charge in [0.15, 0.2) is 11.5 Å². The summed E-state index contributed by atoms with van der Waals surface area (Å²) < 4.78 is 29.0. The van der Waals surface area contributed by atoms with Gasteiger partial charge in [-0.15, -0.1) is 10.2 Å². The van der Waals surface area contributed by atoms with Gasteiger partial charge in [-0.2, -0.15) is 0 Å². The molecular formula is C17H17N5O3S. The van der Waals surface area contributed by atoms with E-state index in [4.69, 9.17) is 0 Å². The number of sulfonamides is 1. The highest BCUT2D eigenvalue weighted by Gasteiger charge is 2.28.